The maximum Gasteiger partial charge on any atom is 0.280 e. The van der Waals surface area contributed by atoms with Crippen LogP contribution in [0.15, 0.2) is 33.7 Å². The highest BCUT2D eigenvalue weighted by atomic mass is 32.2. The monoisotopic (exact) mass is 401 g/mol. The minimum absolute atomic E-state index is 0.101. The van der Waals surface area contributed by atoms with E-state index in [1.165, 1.54) is 0 Å². The molecule has 2 aromatic rings. The third kappa shape index (κ3) is 4.49. The van der Waals surface area contributed by atoms with Crippen molar-refractivity contribution < 1.29 is 31.4 Å². The van der Waals surface area contributed by atoms with E-state index in [0.29, 0.717) is 30.7 Å². The molecular weight excluding hydrogens is 382 g/mol. The molecule has 1 aliphatic rings. The van der Waals surface area contributed by atoms with Gasteiger partial charge in [0.2, 0.25) is 10.0 Å². The maximum absolute atomic E-state index is 13.8. The van der Waals surface area contributed by atoms with Crippen molar-refractivity contribution >= 4 is 21.7 Å². The van der Waals surface area contributed by atoms with Gasteiger partial charge in [-0.05, 0) is 25.1 Å². The zero-order valence-corrected chi connectivity index (χ0v) is 15.4. The summed E-state index contributed by atoms with van der Waals surface area (Å²) in [5.74, 6) is -1.20. The van der Waals surface area contributed by atoms with Crippen LogP contribution < -0.4 is 10.2 Å². The van der Waals surface area contributed by atoms with Gasteiger partial charge in [0.15, 0.2) is 12.4 Å². The van der Waals surface area contributed by atoms with Crippen molar-refractivity contribution in [2.75, 3.05) is 38.0 Å². The lowest BCUT2D eigenvalue weighted by Gasteiger charge is -2.31. The lowest BCUT2D eigenvalue weighted by atomic mass is 10.3. The Morgan fingerprint density at radius 2 is 2.00 bits per heavy atom. The van der Waals surface area contributed by atoms with Crippen LogP contribution in [-0.4, -0.2) is 56.5 Å². The van der Waals surface area contributed by atoms with Gasteiger partial charge in [0.1, 0.15) is 22.3 Å². The normalized spacial score (nSPS) is 16.4. The van der Waals surface area contributed by atoms with Gasteiger partial charge in [0.05, 0.1) is 26.2 Å². The molecule has 8 nitrogen and oxygen atoms in total. The number of aromatic nitrogens is 1. The summed E-state index contributed by atoms with van der Waals surface area (Å²) in [6.07, 6.45) is 0. The van der Waals surface area contributed by atoms with E-state index in [9.17, 15) is 22.0 Å². The largest absolute Gasteiger partial charge is 0.360 e. The summed E-state index contributed by atoms with van der Waals surface area (Å²) in [5.41, 5.74) is 0. The number of hydrogen-bond donors (Lipinski definition) is 2. The lowest BCUT2D eigenvalue weighted by molar-refractivity contribution is -0.895. The molecule has 1 aliphatic heterocycles. The molecule has 1 saturated heterocycles. The number of sulfonamides is 1. The summed E-state index contributed by atoms with van der Waals surface area (Å²) in [6, 6.07) is 3.92. The van der Waals surface area contributed by atoms with Crippen LogP contribution in [-0.2, 0) is 14.8 Å². The Kier molecular flexibility index (Phi) is 5.53. The van der Waals surface area contributed by atoms with Crippen LogP contribution in [0.1, 0.15) is 5.76 Å². The van der Waals surface area contributed by atoms with Crippen molar-refractivity contribution in [3.05, 3.63) is 41.7 Å². The molecule has 0 radical (unpaired) electrons. The number of piperazine rings is 1. The average Bonchev–Trinajstić information content (AvgIpc) is 3.02. The molecule has 11 heteroatoms. The maximum atomic E-state index is 13.8. The Bertz CT molecular complexity index is 940. The molecule has 0 aliphatic carbocycles. The summed E-state index contributed by atoms with van der Waals surface area (Å²) in [4.78, 5) is 12.2. The molecule has 3 rings (SSSR count). The summed E-state index contributed by atoms with van der Waals surface area (Å²) in [5, 5.41) is 6.28. The van der Waals surface area contributed by atoms with Crippen LogP contribution in [0.25, 0.3) is 0 Å². The SMILES string of the molecule is Cc1cc(NC(=O)C[NH+]2CCN(S(=O)(=O)c3cc(F)ccc3F)CC2)no1. The molecule has 27 heavy (non-hydrogen) atoms. The molecule has 2 heterocycles. The third-order valence-corrected chi connectivity index (χ3v) is 6.16. The number of aryl methyl sites for hydroxylation is 1. The van der Waals surface area contributed by atoms with Gasteiger partial charge in [-0.3, -0.25) is 4.79 Å². The number of carbonyl (C=O) groups excluding carboxylic acids is 1. The number of amides is 1. The van der Waals surface area contributed by atoms with E-state index in [1.54, 1.807) is 13.0 Å². The molecule has 1 aromatic heterocycles. The quantitative estimate of drug-likeness (QED) is 0.723. The van der Waals surface area contributed by atoms with E-state index in [2.05, 4.69) is 10.5 Å². The number of nitrogens with zero attached hydrogens (tertiary/aromatic N) is 2. The zero-order chi connectivity index (χ0) is 19.6. The number of quaternary nitrogens is 1. The second-order valence-electron chi connectivity index (χ2n) is 6.28. The Morgan fingerprint density at radius 1 is 1.30 bits per heavy atom. The minimum Gasteiger partial charge on any atom is -0.360 e. The third-order valence-electron chi connectivity index (χ3n) is 4.25. The summed E-state index contributed by atoms with van der Waals surface area (Å²) < 4.78 is 58.2. The Morgan fingerprint density at radius 3 is 2.63 bits per heavy atom. The zero-order valence-electron chi connectivity index (χ0n) is 14.5. The molecule has 0 unspecified atom stereocenters. The van der Waals surface area contributed by atoms with Gasteiger partial charge >= 0.3 is 0 Å². The molecule has 1 aromatic carbocycles. The number of benzene rings is 1. The Hall–Kier alpha value is -2.37. The van der Waals surface area contributed by atoms with Crippen LogP contribution in [0, 0.1) is 18.6 Å². The molecule has 0 bridgehead atoms. The number of anilines is 1. The van der Waals surface area contributed by atoms with Gasteiger partial charge < -0.3 is 14.7 Å². The number of rotatable bonds is 5. The van der Waals surface area contributed by atoms with Crippen molar-refractivity contribution in [2.45, 2.75) is 11.8 Å². The van der Waals surface area contributed by atoms with Gasteiger partial charge in [0.25, 0.3) is 5.91 Å². The van der Waals surface area contributed by atoms with Crippen LogP contribution >= 0.6 is 0 Å². The predicted octanol–water partition coefficient (Wildman–Crippen LogP) is -0.211. The van der Waals surface area contributed by atoms with Gasteiger partial charge in [-0.25, -0.2) is 17.2 Å². The highest BCUT2D eigenvalue weighted by Gasteiger charge is 2.33. The van der Waals surface area contributed by atoms with Crippen molar-refractivity contribution in [1.29, 1.82) is 0 Å². The molecular formula is C16H19F2N4O4S+. The first-order valence-electron chi connectivity index (χ1n) is 8.27. The molecule has 1 fully saturated rings. The fourth-order valence-corrected chi connectivity index (χ4v) is 4.39. The number of halogens is 2. The van der Waals surface area contributed by atoms with E-state index in [4.69, 9.17) is 4.52 Å². The number of carbonyl (C=O) groups is 1. The van der Waals surface area contributed by atoms with Crippen molar-refractivity contribution in [3.63, 3.8) is 0 Å². The molecule has 1 amide bonds. The fraction of sp³-hybridized carbons (Fsp3) is 0.375. The summed E-state index contributed by atoms with van der Waals surface area (Å²) in [7, 11) is -4.13. The highest BCUT2D eigenvalue weighted by Crippen LogP contribution is 2.20. The Labute approximate surface area is 154 Å². The van der Waals surface area contributed by atoms with Crippen LogP contribution in [0.2, 0.25) is 0 Å². The minimum atomic E-state index is -4.13. The standard InChI is InChI=1S/C16H18F2N4O4S/c1-11-8-15(20-26-11)19-16(23)10-21-4-6-22(7-5-21)27(24,25)14-9-12(17)2-3-13(14)18/h2-3,8-9H,4-7,10H2,1H3,(H,19,20,23)/p+1. The second kappa shape index (κ2) is 7.71. The summed E-state index contributed by atoms with van der Waals surface area (Å²) >= 11 is 0. The van der Waals surface area contributed by atoms with Crippen LogP contribution in [0.5, 0.6) is 0 Å². The van der Waals surface area contributed by atoms with Gasteiger partial charge in [-0.15, -0.1) is 0 Å². The number of nitrogens with one attached hydrogen (secondary N) is 2. The first-order chi connectivity index (χ1) is 12.8. The number of hydrogen-bond acceptors (Lipinski definition) is 5. The average molecular weight is 401 g/mol. The molecule has 2 N–H and O–H groups in total. The van der Waals surface area contributed by atoms with Crippen LogP contribution in [0.3, 0.4) is 0 Å². The van der Waals surface area contributed by atoms with Crippen molar-refractivity contribution in [1.82, 2.24) is 9.46 Å². The Balaban J connectivity index is 1.58. The second-order valence-corrected chi connectivity index (χ2v) is 8.18. The van der Waals surface area contributed by atoms with E-state index >= 15 is 0 Å². The van der Waals surface area contributed by atoms with E-state index in [-0.39, 0.29) is 25.5 Å². The van der Waals surface area contributed by atoms with Crippen molar-refractivity contribution in [3.8, 4) is 0 Å². The highest BCUT2D eigenvalue weighted by molar-refractivity contribution is 7.89. The van der Waals surface area contributed by atoms with Crippen LogP contribution in [0.4, 0.5) is 14.6 Å². The van der Waals surface area contributed by atoms with Gasteiger partial charge in [-0.2, -0.15) is 4.31 Å². The summed E-state index contributed by atoms with van der Waals surface area (Å²) in [6.45, 7) is 2.76. The van der Waals surface area contributed by atoms with E-state index in [0.717, 1.165) is 21.3 Å². The molecule has 0 saturated carbocycles. The first-order valence-corrected chi connectivity index (χ1v) is 9.71. The van der Waals surface area contributed by atoms with Gasteiger partial charge in [-0.1, -0.05) is 5.16 Å². The lowest BCUT2D eigenvalue weighted by Crippen LogP contribution is -3.15. The molecule has 146 valence electrons. The predicted molar refractivity (Wildman–Crippen MR) is 90.6 cm³/mol. The van der Waals surface area contributed by atoms with E-state index < -0.39 is 26.6 Å². The molecule has 0 spiro atoms. The van der Waals surface area contributed by atoms with Crippen molar-refractivity contribution in [2.24, 2.45) is 0 Å². The smallest absolute Gasteiger partial charge is 0.280 e. The topological polar surface area (TPSA) is 97.0 Å². The first kappa shape index (κ1) is 19.4. The fourth-order valence-electron chi connectivity index (χ4n) is 2.87. The molecule has 0 atom stereocenters. The van der Waals surface area contributed by atoms with Gasteiger partial charge in [0, 0.05) is 6.07 Å². The van der Waals surface area contributed by atoms with E-state index in [1.807, 2.05) is 0 Å².